The zero-order chi connectivity index (χ0) is 11.4. The Morgan fingerprint density at radius 3 is 2.62 bits per heavy atom. The molecule has 0 saturated carbocycles. The molecule has 0 aliphatic heterocycles. The van der Waals surface area contributed by atoms with Crippen LogP contribution in [0.1, 0.15) is 22.9 Å². The summed E-state index contributed by atoms with van der Waals surface area (Å²) in [6, 6.07) is 1.69. The maximum atomic E-state index is 11.7. The van der Waals surface area contributed by atoms with Crippen LogP contribution in [0.15, 0.2) is 30.9 Å². The number of rotatable bonds is 4. The van der Waals surface area contributed by atoms with Crippen molar-refractivity contribution in [3.05, 3.63) is 42.5 Å². The minimum Gasteiger partial charge on any atom is -0.338 e. The van der Waals surface area contributed by atoms with Crippen LogP contribution in [-0.4, -0.2) is 25.3 Å². The van der Waals surface area contributed by atoms with E-state index >= 15 is 0 Å². The Hall–Kier alpha value is -2.04. The van der Waals surface area contributed by atoms with Gasteiger partial charge in [-0.15, -0.1) is 0 Å². The number of carbonyl (C=O) groups excluding carboxylic acids is 1. The number of nitrogens with zero attached hydrogens (tertiary/aromatic N) is 4. The van der Waals surface area contributed by atoms with Crippen molar-refractivity contribution in [2.24, 2.45) is 7.05 Å². The second kappa shape index (κ2) is 4.65. The maximum Gasteiger partial charge on any atom is 0.200 e. The topological polar surface area (TPSA) is 60.7 Å². The third-order valence-corrected chi connectivity index (χ3v) is 2.31. The molecule has 0 radical (unpaired) electrons. The number of carbonyl (C=O) groups is 1. The highest BCUT2D eigenvalue weighted by Gasteiger charge is 2.09. The third-order valence-electron chi connectivity index (χ3n) is 2.31. The molecule has 0 N–H and O–H groups in total. The van der Waals surface area contributed by atoms with E-state index in [1.165, 1.54) is 0 Å². The Morgan fingerprint density at radius 1 is 1.25 bits per heavy atom. The lowest BCUT2D eigenvalue weighted by atomic mass is 10.2. The molecule has 5 nitrogen and oxygen atoms in total. The molecule has 2 rings (SSSR count). The van der Waals surface area contributed by atoms with E-state index in [0.717, 1.165) is 5.82 Å². The van der Waals surface area contributed by atoms with Gasteiger partial charge < -0.3 is 4.57 Å². The van der Waals surface area contributed by atoms with Gasteiger partial charge in [0.05, 0.1) is 0 Å². The van der Waals surface area contributed by atoms with Crippen molar-refractivity contribution in [2.45, 2.75) is 12.8 Å². The zero-order valence-corrected chi connectivity index (χ0v) is 9.00. The molecule has 0 fully saturated rings. The first kappa shape index (κ1) is 10.5. The number of ketones is 1. The van der Waals surface area contributed by atoms with Gasteiger partial charge in [-0.05, 0) is 6.07 Å². The molecule has 0 spiro atoms. The molecule has 0 amide bonds. The van der Waals surface area contributed by atoms with Crippen molar-refractivity contribution in [3.63, 3.8) is 0 Å². The Labute approximate surface area is 93.2 Å². The fourth-order valence-electron chi connectivity index (χ4n) is 1.42. The number of imidazole rings is 1. The average Bonchev–Trinajstić information content (AvgIpc) is 2.73. The predicted molar refractivity (Wildman–Crippen MR) is 57.9 cm³/mol. The first-order valence-electron chi connectivity index (χ1n) is 5.04. The summed E-state index contributed by atoms with van der Waals surface area (Å²) in [5, 5.41) is 0. The van der Waals surface area contributed by atoms with Crippen LogP contribution < -0.4 is 0 Å². The van der Waals surface area contributed by atoms with Crippen LogP contribution in [0.2, 0.25) is 0 Å². The summed E-state index contributed by atoms with van der Waals surface area (Å²) >= 11 is 0. The Balaban J connectivity index is 1.97. The normalized spacial score (nSPS) is 10.3. The van der Waals surface area contributed by atoms with Crippen LogP contribution in [-0.2, 0) is 13.5 Å². The summed E-state index contributed by atoms with van der Waals surface area (Å²) < 4.78 is 1.90. The van der Waals surface area contributed by atoms with Crippen LogP contribution in [0, 0.1) is 0 Å². The quantitative estimate of drug-likeness (QED) is 0.716. The van der Waals surface area contributed by atoms with Crippen LogP contribution in [0.5, 0.6) is 0 Å². The number of aryl methyl sites for hydroxylation is 2. The van der Waals surface area contributed by atoms with Crippen molar-refractivity contribution in [3.8, 4) is 0 Å². The Bertz CT molecular complexity index is 478. The Kier molecular flexibility index (Phi) is 3.05. The van der Waals surface area contributed by atoms with E-state index in [1.807, 2.05) is 17.8 Å². The minimum atomic E-state index is -0.0522. The van der Waals surface area contributed by atoms with Crippen LogP contribution in [0.4, 0.5) is 0 Å². The maximum absolute atomic E-state index is 11.7. The van der Waals surface area contributed by atoms with Crippen LogP contribution in [0.3, 0.4) is 0 Å². The lowest BCUT2D eigenvalue weighted by Crippen LogP contribution is -2.08. The summed E-state index contributed by atoms with van der Waals surface area (Å²) in [6.45, 7) is 0. The SMILES string of the molecule is Cn1ccnc1CCC(=O)c1ncccn1. The summed E-state index contributed by atoms with van der Waals surface area (Å²) in [4.78, 5) is 23.7. The molecule has 0 aliphatic carbocycles. The number of aromatic nitrogens is 4. The molecule has 5 heteroatoms. The number of hydrogen-bond acceptors (Lipinski definition) is 4. The van der Waals surface area contributed by atoms with Gasteiger partial charge in [0.2, 0.25) is 0 Å². The Morgan fingerprint density at radius 2 is 2.00 bits per heavy atom. The van der Waals surface area contributed by atoms with Gasteiger partial charge in [0.1, 0.15) is 5.82 Å². The van der Waals surface area contributed by atoms with Crippen LogP contribution >= 0.6 is 0 Å². The smallest absolute Gasteiger partial charge is 0.200 e. The first-order valence-corrected chi connectivity index (χ1v) is 5.04. The minimum absolute atomic E-state index is 0.0522. The van der Waals surface area contributed by atoms with E-state index in [1.54, 1.807) is 24.7 Å². The highest BCUT2D eigenvalue weighted by molar-refractivity contribution is 5.92. The van der Waals surface area contributed by atoms with Gasteiger partial charge in [-0.2, -0.15) is 0 Å². The van der Waals surface area contributed by atoms with Crippen molar-refractivity contribution in [1.29, 1.82) is 0 Å². The molecule has 2 aromatic rings. The van der Waals surface area contributed by atoms with E-state index in [4.69, 9.17) is 0 Å². The lowest BCUT2D eigenvalue weighted by molar-refractivity contribution is 0.0972. The highest BCUT2D eigenvalue weighted by atomic mass is 16.1. The number of Topliss-reactive ketones (excluding diaryl/α,β-unsaturated/α-hetero) is 1. The van der Waals surface area contributed by atoms with E-state index in [-0.39, 0.29) is 11.6 Å². The van der Waals surface area contributed by atoms with Gasteiger partial charge in [-0.1, -0.05) is 0 Å². The predicted octanol–water partition coefficient (Wildman–Crippen LogP) is 1.03. The molecule has 16 heavy (non-hydrogen) atoms. The molecule has 2 aromatic heterocycles. The lowest BCUT2D eigenvalue weighted by Gasteiger charge is -2.00. The fraction of sp³-hybridized carbons (Fsp3) is 0.273. The van der Waals surface area contributed by atoms with E-state index in [0.29, 0.717) is 12.8 Å². The molecule has 0 atom stereocenters. The second-order valence-electron chi connectivity index (χ2n) is 3.45. The molecular weight excluding hydrogens is 204 g/mol. The van der Waals surface area contributed by atoms with Crippen molar-refractivity contribution in [1.82, 2.24) is 19.5 Å². The average molecular weight is 216 g/mol. The van der Waals surface area contributed by atoms with Gasteiger partial charge in [0.15, 0.2) is 11.6 Å². The second-order valence-corrected chi connectivity index (χ2v) is 3.45. The zero-order valence-electron chi connectivity index (χ0n) is 9.00. The van der Waals surface area contributed by atoms with Gasteiger partial charge in [0.25, 0.3) is 0 Å². The molecule has 82 valence electrons. The summed E-state index contributed by atoms with van der Waals surface area (Å²) in [6.07, 6.45) is 7.72. The van der Waals surface area contributed by atoms with E-state index in [2.05, 4.69) is 15.0 Å². The van der Waals surface area contributed by atoms with Gasteiger partial charge in [-0.25, -0.2) is 15.0 Å². The van der Waals surface area contributed by atoms with E-state index < -0.39 is 0 Å². The number of hydrogen-bond donors (Lipinski definition) is 0. The largest absolute Gasteiger partial charge is 0.338 e. The van der Waals surface area contributed by atoms with Gasteiger partial charge in [0, 0.05) is 44.7 Å². The monoisotopic (exact) mass is 216 g/mol. The first-order chi connectivity index (χ1) is 7.77. The van der Waals surface area contributed by atoms with Gasteiger partial charge >= 0.3 is 0 Å². The van der Waals surface area contributed by atoms with Crippen LogP contribution in [0.25, 0.3) is 0 Å². The van der Waals surface area contributed by atoms with Crippen molar-refractivity contribution < 1.29 is 4.79 Å². The summed E-state index contributed by atoms with van der Waals surface area (Å²) in [5.74, 6) is 1.12. The molecular formula is C11H12N4O. The van der Waals surface area contributed by atoms with E-state index in [9.17, 15) is 4.79 Å². The van der Waals surface area contributed by atoms with Crippen molar-refractivity contribution >= 4 is 5.78 Å². The highest BCUT2D eigenvalue weighted by Crippen LogP contribution is 2.02. The third kappa shape index (κ3) is 2.31. The summed E-state index contributed by atoms with van der Waals surface area (Å²) in [5.41, 5.74) is 0. The molecule has 2 heterocycles. The standard InChI is InChI=1S/C11H12N4O/c1-15-8-7-12-10(15)4-3-9(16)11-13-5-2-6-14-11/h2,5-8H,3-4H2,1H3. The van der Waals surface area contributed by atoms with Crippen molar-refractivity contribution in [2.75, 3.05) is 0 Å². The summed E-state index contributed by atoms with van der Waals surface area (Å²) in [7, 11) is 1.91. The molecule has 0 aromatic carbocycles. The molecule has 0 saturated heterocycles. The molecule has 0 unspecified atom stereocenters. The fourth-order valence-corrected chi connectivity index (χ4v) is 1.42. The van der Waals surface area contributed by atoms with Gasteiger partial charge in [-0.3, -0.25) is 4.79 Å². The molecule has 0 bridgehead atoms. The molecule has 0 aliphatic rings.